The Morgan fingerprint density at radius 3 is 2.68 bits per heavy atom. The second-order valence-electron chi connectivity index (χ2n) is 6.21. The molecule has 0 saturated carbocycles. The Kier molecular flexibility index (Phi) is 6.62. The maximum atomic E-state index is 12.4. The quantitative estimate of drug-likeness (QED) is 0.576. The number of aryl methyl sites for hydroxylation is 1. The zero-order valence-electron chi connectivity index (χ0n) is 15.8. The molecule has 0 radical (unpaired) electrons. The topological polar surface area (TPSA) is 82.4 Å². The number of hydrogen-bond donors (Lipinski definition) is 1. The van der Waals surface area contributed by atoms with Crippen molar-refractivity contribution in [2.45, 2.75) is 19.4 Å². The number of nitrogens with one attached hydrogen (secondary N) is 1. The second kappa shape index (κ2) is 9.55. The lowest BCUT2D eigenvalue weighted by Crippen LogP contribution is -2.28. The van der Waals surface area contributed by atoms with Crippen LogP contribution in [-0.4, -0.2) is 35.7 Å². The van der Waals surface area contributed by atoms with Gasteiger partial charge in [-0.2, -0.15) is 0 Å². The monoisotopic (exact) mass is 381 g/mol. The smallest absolute Gasteiger partial charge is 0.261 e. The first-order valence-electron chi connectivity index (χ1n) is 9.16. The highest BCUT2D eigenvalue weighted by Gasteiger charge is 2.06. The minimum atomic E-state index is -0.0868. The first-order valence-corrected chi connectivity index (χ1v) is 9.16. The van der Waals surface area contributed by atoms with Crippen LogP contribution < -0.4 is 20.3 Å². The summed E-state index contributed by atoms with van der Waals surface area (Å²) in [5, 5.41) is 3.40. The molecule has 0 atom stereocenters. The molecule has 2 aromatic carbocycles. The van der Waals surface area contributed by atoms with Crippen LogP contribution in [0.15, 0.2) is 59.7 Å². The summed E-state index contributed by atoms with van der Waals surface area (Å²) in [5.74, 6) is 1.22. The van der Waals surface area contributed by atoms with Crippen LogP contribution in [0.3, 0.4) is 0 Å². The molecule has 1 N–H and O–H groups in total. The first-order chi connectivity index (χ1) is 13.7. The van der Waals surface area contributed by atoms with E-state index in [-0.39, 0.29) is 11.5 Å². The number of amides is 1. The Morgan fingerprint density at radius 2 is 1.86 bits per heavy atom. The SMILES string of the molecule is COc1ccccc1OCCNC(=O)CCCn1cnc2ccccc2c1=O. The number of fused-ring (bicyclic) bond motifs is 1. The van der Waals surface area contributed by atoms with Gasteiger partial charge >= 0.3 is 0 Å². The molecule has 3 rings (SSSR count). The fourth-order valence-electron chi connectivity index (χ4n) is 2.85. The molecule has 7 heteroatoms. The van der Waals surface area contributed by atoms with Crippen LogP contribution in [-0.2, 0) is 11.3 Å². The van der Waals surface area contributed by atoms with E-state index < -0.39 is 0 Å². The fraction of sp³-hybridized carbons (Fsp3) is 0.286. The second-order valence-corrected chi connectivity index (χ2v) is 6.21. The maximum Gasteiger partial charge on any atom is 0.261 e. The van der Waals surface area contributed by atoms with Crippen molar-refractivity contribution in [3.8, 4) is 11.5 Å². The normalized spacial score (nSPS) is 10.6. The Labute approximate surface area is 162 Å². The molecular formula is C21H23N3O4. The molecule has 28 heavy (non-hydrogen) atoms. The van der Waals surface area contributed by atoms with E-state index in [0.717, 1.165) is 0 Å². The lowest BCUT2D eigenvalue weighted by molar-refractivity contribution is -0.121. The summed E-state index contributed by atoms with van der Waals surface area (Å²) in [6, 6.07) is 14.6. The molecule has 0 fully saturated rings. The number of methoxy groups -OCH3 is 1. The lowest BCUT2D eigenvalue weighted by Gasteiger charge is -2.11. The van der Waals surface area contributed by atoms with Gasteiger partial charge in [-0.25, -0.2) is 4.98 Å². The summed E-state index contributed by atoms with van der Waals surface area (Å²) in [7, 11) is 1.58. The van der Waals surface area contributed by atoms with Crippen molar-refractivity contribution in [2.24, 2.45) is 0 Å². The lowest BCUT2D eigenvalue weighted by atomic mass is 10.2. The van der Waals surface area contributed by atoms with Crippen LogP contribution in [0.25, 0.3) is 10.9 Å². The Hall–Kier alpha value is -3.35. The number of aromatic nitrogens is 2. The predicted octanol–water partition coefficient (Wildman–Crippen LogP) is 2.38. The summed E-state index contributed by atoms with van der Waals surface area (Å²) < 4.78 is 12.4. The van der Waals surface area contributed by atoms with Crippen LogP contribution in [0, 0.1) is 0 Å². The highest BCUT2D eigenvalue weighted by molar-refractivity contribution is 5.77. The molecular weight excluding hydrogens is 358 g/mol. The molecule has 0 aliphatic rings. The highest BCUT2D eigenvalue weighted by Crippen LogP contribution is 2.25. The van der Waals surface area contributed by atoms with Gasteiger partial charge in [-0.1, -0.05) is 24.3 Å². The maximum absolute atomic E-state index is 12.4. The van der Waals surface area contributed by atoms with E-state index in [1.807, 2.05) is 42.5 Å². The van der Waals surface area contributed by atoms with E-state index in [2.05, 4.69) is 10.3 Å². The predicted molar refractivity (Wildman–Crippen MR) is 107 cm³/mol. The molecule has 0 unspecified atom stereocenters. The molecule has 0 saturated heterocycles. The molecule has 0 bridgehead atoms. The molecule has 0 aliphatic heterocycles. The third-order valence-corrected chi connectivity index (χ3v) is 4.29. The van der Waals surface area contributed by atoms with Crippen LogP contribution in [0.2, 0.25) is 0 Å². The summed E-state index contributed by atoms with van der Waals surface area (Å²) in [5.41, 5.74) is 0.591. The summed E-state index contributed by atoms with van der Waals surface area (Å²) in [4.78, 5) is 28.6. The minimum Gasteiger partial charge on any atom is -0.493 e. The highest BCUT2D eigenvalue weighted by atomic mass is 16.5. The fourth-order valence-corrected chi connectivity index (χ4v) is 2.85. The van der Waals surface area contributed by atoms with Crippen molar-refractivity contribution in [1.29, 1.82) is 0 Å². The van der Waals surface area contributed by atoms with Gasteiger partial charge in [0.25, 0.3) is 5.56 Å². The van der Waals surface area contributed by atoms with E-state index in [1.165, 1.54) is 6.33 Å². The third kappa shape index (κ3) is 4.88. The standard InChI is InChI=1S/C21H23N3O4/c1-27-18-9-4-5-10-19(18)28-14-12-22-20(25)11-6-13-24-15-23-17-8-3-2-7-16(17)21(24)26/h2-5,7-10,15H,6,11-14H2,1H3,(H,22,25). The van der Waals surface area contributed by atoms with Crippen molar-refractivity contribution >= 4 is 16.8 Å². The molecule has 1 amide bonds. The van der Waals surface area contributed by atoms with Crippen LogP contribution in [0.5, 0.6) is 11.5 Å². The van der Waals surface area contributed by atoms with Gasteiger partial charge in [0.05, 0.1) is 30.9 Å². The van der Waals surface area contributed by atoms with Gasteiger partial charge in [0.2, 0.25) is 5.91 Å². The Bertz CT molecular complexity index is 1000. The average molecular weight is 381 g/mol. The zero-order chi connectivity index (χ0) is 19.8. The molecule has 3 aromatic rings. The molecule has 0 aliphatic carbocycles. The van der Waals surface area contributed by atoms with E-state index in [4.69, 9.17) is 9.47 Å². The van der Waals surface area contributed by atoms with Gasteiger partial charge in [-0.05, 0) is 30.7 Å². The van der Waals surface area contributed by atoms with E-state index in [1.54, 1.807) is 17.7 Å². The molecule has 1 aromatic heterocycles. The number of para-hydroxylation sites is 3. The van der Waals surface area contributed by atoms with E-state index in [0.29, 0.717) is 54.9 Å². The van der Waals surface area contributed by atoms with Gasteiger partial charge in [-0.3, -0.25) is 14.2 Å². The van der Waals surface area contributed by atoms with Gasteiger partial charge in [0, 0.05) is 13.0 Å². The van der Waals surface area contributed by atoms with Crippen molar-refractivity contribution in [3.63, 3.8) is 0 Å². The zero-order valence-corrected chi connectivity index (χ0v) is 15.8. The summed E-state index contributed by atoms with van der Waals surface area (Å²) >= 11 is 0. The van der Waals surface area contributed by atoms with E-state index in [9.17, 15) is 9.59 Å². The number of hydrogen-bond acceptors (Lipinski definition) is 5. The molecule has 146 valence electrons. The number of rotatable bonds is 9. The van der Waals surface area contributed by atoms with Crippen molar-refractivity contribution in [3.05, 3.63) is 65.2 Å². The third-order valence-electron chi connectivity index (χ3n) is 4.29. The van der Waals surface area contributed by atoms with Gasteiger partial charge < -0.3 is 14.8 Å². The number of nitrogens with zero attached hydrogens (tertiary/aromatic N) is 2. The largest absolute Gasteiger partial charge is 0.493 e. The molecule has 0 spiro atoms. The van der Waals surface area contributed by atoms with Crippen molar-refractivity contribution in [1.82, 2.24) is 14.9 Å². The van der Waals surface area contributed by atoms with Gasteiger partial charge in [-0.15, -0.1) is 0 Å². The minimum absolute atomic E-state index is 0.0783. The van der Waals surface area contributed by atoms with Crippen LogP contribution in [0.1, 0.15) is 12.8 Å². The van der Waals surface area contributed by atoms with Gasteiger partial charge in [0.1, 0.15) is 6.61 Å². The number of carbonyl (C=O) groups excluding carboxylic acids is 1. The van der Waals surface area contributed by atoms with Crippen LogP contribution >= 0.6 is 0 Å². The molecule has 1 heterocycles. The first kappa shape index (κ1) is 19.4. The summed E-state index contributed by atoms with van der Waals surface area (Å²) in [6.07, 6.45) is 2.41. The molecule has 7 nitrogen and oxygen atoms in total. The average Bonchev–Trinajstić information content (AvgIpc) is 2.73. The number of carbonyl (C=O) groups is 1. The number of ether oxygens (including phenoxy) is 2. The Morgan fingerprint density at radius 1 is 1.11 bits per heavy atom. The number of benzene rings is 2. The summed E-state index contributed by atoms with van der Waals surface area (Å²) in [6.45, 7) is 1.19. The van der Waals surface area contributed by atoms with Crippen molar-refractivity contribution in [2.75, 3.05) is 20.3 Å². The Balaban J connectivity index is 1.40. The van der Waals surface area contributed by atoms with E-state index >= 15 is 0 Å². The van der Waals surface area contributed by atoms with Crippen molar-refractivity contribution < 1.29 is 14.3 Å². The van der Waals surface area contributed by atoms with Gasteiger partial charge in [0.15, 0.2) is 11.5 Å². The van der Waals surface area contributed by atoms with Crippen LogP contribution in [0.4, 0.5) is 0 Å².